The molecule has 0 amide bonds. The Morgan fingerprint density at radius 1 is 1.50 bits per heavy atom. The first-order valence-electron chi connectivity index (χ1n) is 5.85. The molecule has 0 radical (unpaired) electrons. The highest BCUT2D eigenvalue weighted by molar-refractivity contribution is 7.09. The van der Waals surface area contributed by atoms with Crippen LogP contribution in [0.25, 0.3) is 0 Å². The number of hydrogen-bond donors (Lipinski definition) is 1. The number of nitrogens with one attached hydrogen (secondary N) is 1. The highest BCUT2D eigenvalue weighted by Gasteiger charge is 2.04. The molecule has 0 saturated heterocycles. The smallest absolute Gasteiger partial charge is 0.162 e. The average Bonchev–Trinajstić information content (AvgIpc) is 2.95. The standard InChI is InChI=1S/C12H17N3O2S/c1-9-12(18-8-14-9)3-4-16-7-11-5-10(6-13-2)15-17-11/h5,8,13H,3-4,6-7H2,1-2H3. The van der Waals surface area contributed by atoms with Crippen LogP contribution < -0.4 is 5.32 Å². The van der Waals surface area contributed by atoms with E-state index in [1.165, 1.54) is 4.88 Å². The summed E-state index contributed by atoms with van der Waals surface area (Å²) in [7, 11) is 1.88. The van der Waals surface area contributed by atoms with E-state index in [-0.39, 0.29) is 0 Å². The van der Waals surface area contributed by atoms with Gasteiger partial charge in [0.05, 0.1) is 23.5 Å². The molecular formula is C12H17N3O2S. The summed E-state index contributed by atoms with van der Waals surface area (Å²) in [5, 5.41) is 6.94. The molecule has 2 aromatic heterocycles. The average molecular weight is 267 g/mol. The van der Waals surface area contributed by atoms with Crippen molar-refractivity contribution in [1.82, 2.24) is 15.5 Å². The number of rotatable bonds is 7. The molecule has 5 nitrogen and oxygen atoms in total. The van der Waals surface area contributed by atoms with Gasteiger partial charge >= 0.3 is 0 Å². The lowest BCUT2D eigenvalue weighted by Gasteiger charge is -2.00. The number of hydrogen-bond acceptors (Lipinski definition) is 6. The molecule has 2 rings (SSSR count). The van der Waals surface area contributed by atoms with Crippen LogP contribution in [-0.4, -0.2) is 23.8 Å². The predicted molar refractivity (Wildman–Crippen MR) is 69.5 cm³/mol. The van der Waals surface area contributed by atoms with Gasteiger partial charge in [-0.3, -0.25) is 0 Å². The molecule has 0 saturated carbocycles. The normalized spacial score (nSPS) is 11.0. The van der Waals surface area contributed by atoms with Gasteiger partial charge in [-0.05, 0) is 14.0 Å². The Balaban J connectivity index is 1.70. The monoisotopic (exact) mass is 267 g/mol. The summed E-state index contributed by atoms with van der Waals surface area (Å²) in [6.07, 6.45) is 0.897. The summed E-state index contributed by atoms with van der Waals surface area (Å²) in [6, 6.07) is 1.91. The van der Waals surface area contributed by atoms with Crippen LogP contribution in [-0.2, 0) is 24.3 Å². The molecule has 6 heteroatoms. The van der Waals surface area contributed by atoms with Gasteiger partial charge < -0.3 is 14.6 Å². The van der Waals surface area contributed by atoms with Gasteiger partial charge in [0.2, 0.25) is 0 Å². The van der Waals surface area contributed by atoms with Crippen LogP contribution in [0.3, 0.4) is 0 Å². The molecule has 0 aromatic carbocycles. The maximum atomic E-state index is 5.56. The maximum Gasteiger partial charge on any atom is 0.162 e. The van der Waals surface area contributed by atoms with Gasteiger partial charge in [0.25, 0.3) is 0 Å². The van der Waals surface area contributed by atoms with Crippen molar-refractivity contribution in [3.63, 3.8) is 0 Å². The van der Waals surface area contributed by atoms with E-state index in [4.69, 9.17) is 9.26 Å². The Hall–Kier alpha value is -1.24. The second-order valence-corrected chi connectivity index (χ2v) is 4.92. The molecule has 0 aliphatic rings. The topological polar surface area (TPSA) is 60.2 Å². The van der Waals surface area contributed by atoms with Gasteiger partial charge in [-0.2, -0.15) is 0 Å². The summed E-state index contributed by atoms with van der Waals surface area (Å²) >= 11 is 1.67. The maximum absolute atomic E-state index is 5.56. The van der Waals surface area contributed by atoms with Crippen molar-refractivity contribution >= 4 is 11.3 Å². The fourth-order valence-corrected chi connectivity index (χ4v) is 2.35. The fraction of sp³-hybridized carbons (Fsp3) is 0.500. The minimum absolute atomic E-state index is 0.467. The zero-order chi connectivity index (χ0) is 12.8. The second kappa shape index (κ2) is 6.63. The fourth-order valence-electron chi connectivity index (χ4n) is 1.59. The highest BCUT2D eigenvalue weighted by atomic mass is 32.1. The predicted octanol–water partition coefficient (Wildman–Crippen LogP) is 1.92. The van der Waals surface area contributed by atoms with Crippen LogP contribution in [0.2, 0.25) is 0 Å². The van der Waals surface area contributed by atoms with Gasteiger partial charge in [0, 0.05) is 23.9 Å². The van der Waals surface area contributed by atoms with Gasteiger partial charge in [-0.15, -0.1) is 11.3 Å². The van der Waals surface area contributed by atoms with Crippen LogP contribution in [0.5, 0.6) is 0 Å². The van der Waals surface area contributed by atoms with Gasteiger partial charge in [0.15, 0.2) is 5.76 Å². The molecule has 0 unspecified atom stereocenters. The third-order valence-electron chi connectivity index (χ3n) is 2.53. The van der Waals surface area contributed by atoms with Crippen LogP contribution >= 0.6 is 11.3 Å². The first-order chi connectivity index (χ1) is 8.79. The quantitative estimate of drug-likeness (QED) is 0.777. The molecule has 1 N–H and O–H groups in total. The third-order valence-corrected chi connectivity index (χ3v) is 3.52. The van der Waals surface area contributed by atoms with E-state index in [1.807, 2.05) is 25.5 Å². The van der Waals surface area contributed by atoms with Crippen molar-refractivity contribution in [2.75, 3.05) is 13.7 Å². The van der Waals surface area contributed by atoms with E-state index >= 15 is 0 Å². The van der Waals surface area contributed by atoms with Crippen LogP contribution in [0.15, 0.2) is 16.1 Å². The molecule has 0 aliphatic heterocycles. The number of aryl methyl sites for hydroxylation is 1. The van der Waals surface area contributed by atoms with Crippen LogP contribution in [0.1, 0.15) is 22.0 Å². The van der Waals surface area contributed by atoms with Crippen LogP contribution in [0.4, 0.5) is 0 Å². The number of nitrogens with zero attached hydrogens (tertiary/aromatic N) is 2. The van der Waals surface area contributed by atoms with Crippen molar-refractivity contribution in [1.29, 1.82) is 0 Å². The molecule has 0 spiro atoms. The molecule has 0 aliphatic carbocycles. The van der Waals surface area contributed by atoms with E-state index < -0.39 is 0 Å². The number of aromatic nitrogens is 2. The van der Waals surface area contributed by atoms with Crippen LogP contribution in [0, 0.1) is 6.92 Å². The molecule has 0 bridgehead atoms. The third kappa shape index (κ3) is 3.63. The Morgan fingerprint density at radius 2 is 2.39 bits per heavy atom. The lowest BCUT2D eigenvalue weighted by Crippen LogP contribution is -2.04. The van der Waals surface area contributed by atoms with E-state index in [9.17, 15) is 0 Å². The van der Waals surface area contributed by atoms with E-state index in [0.29, 0.717) is 19.8 Å². The summed E-state index contributed by atoms with van der Waals surface area (Å²) in [6.45, 7) is 3.87. The SMILES string of the molecule is CNCc1cc(COCCc2scnc2C)on1. The zero-order valence-electron chi connectivity index (χ0n) is 10.6. The Morgan fingerprint density at radius 3 is 3.11 bits per heavy atom. The largest absolute Gasteiger partial charge is 0.373 e. The lowest BCUT2D eigenvalue weighted by molar-refractivity contribution is 0.104. The zero-order valence-corrected chi connectivity index (χ0v) is 11.4. The van der Waals surface area contributed by atoms with Crippen molar-refractivity contribution in [3.8, 4) is 0 Å². The number of thiazole rings is 1. The molecule has 98 valence electrons. The first-order valence-corrected chi connectivity index (χ1v) is 6.73. The molecule has 2 aromatic rings. The molecule has 0 atom stereocenters. The van der Waals surface area contributed by atoms with Crippen molar-refractivity contribution in [3.05, 3.63) is 33.6 Å². The Labute approximate surface area is 110 Å². The summed E-state index contributed by atoms with van der Waals surface area (Å²) < 4.78 is 10.7. The van der Waals surface area contributed by atoms with E-state index in [1.54, 1.807) is 11.3 Å². The molecule has 18 heavy (non-hydrogen) atoms. The Kier molecular flexibility index (Phi) is 4.86. The first kappa shape index (κ1) is 13.2. The minimum Gasteiger partial charge on any atom is -0.373 e. The minimum atomic E-state index is 0.467. The van der Waals surface area contributed by atoms with E-state index in [0.717, 1.165) is 23.6 Å². The molecule has 0 fully saturated rings. The highest BCUT2D eigenvalue weighted by Crippen LogP contribution is 2.13. The van der Waals surface area contributed by atoms with Crippen molar-refractivity contribution < 1.29 is 9.26 Å². The van der Waals surface area contributed by atoms with Gasteiger partial charge in [0.1, 0.15) is 6.61 Å². The molecular weight excluding hydrogens is 250 g/mol. The van der Waals surface area contributed by atoms with E-state index in [2.05, 4.69) is 15.5 Å². The van der Waals surface area contributed by atoms with Crippen molar-refractivity contribution in [2.45, 2.75) is 26.5 Å². The lowest BCUT2D eigenvalue weighted by atomic mass is 10.3. The van der Waals surface area contributed by atoms with Gasteiger partial charge in [-0.25, -0.2) is 4.98 Å². The second-order valence-electron chi connectivity index (χ2n) is 3.98. The summed E-state index contributed by atoms with van der Waals surface area (Å²) in [5.41, 5.74) is 3.86. The summed E-state index contributed by atoms with van der Waals surface area (Å²) in [4.78, 5) is 5.49. The molecule has 2 heterocycles. The number of ether oxygens (including phenoxy) is 1. The summed E-state index contributed by atoms with van der Waals surface area (Å²) in [5.74, 6) is 0.765. The van der Waals surface area contributed by atoms with Gasteiger partial charge in [-0.1, -0.05) is 5.16 Å². The van der Waals surface area contributed by atoms with Crippen molar-refractivity contribution in [2.24, 2.45) is 0 Å². The Bertz CT molecular complexity index is 481.